The number of ketones is 2. The molecule has 2 aromatic rings. The van der Waals surface area contributed by atoms with Gasteiger partial charge in [0.25, 0.3) is 0 Å². The van der Waals surface area contributed by atoms with E-state index >= 15 is 0 Å². The van der Waals surface area contributed by atoms with Crippen molar-refractivity contribution >= 4 is 17.3 Å². The zero-order valence-electron chi connectivity index (χ0n) is 12.8. The summed E-state index contributed by atoms with van der Waals surface area (Å²) in [5, 5.41) is 2.79. The molecule has 1 saturated carbocycles. The average Bonchev–Trinajstić information content (AvgIpc) is 2.83. The van der Waals surface area contributed by atoms with Crippen molar-refractivity contribution in [2.75, 3.05) is 5.32 Å². The Kier molecular flexibility index (Phi) is 4.32. The lowest BCUT2D eigenvalue weighted by atomic mass is 9.91. The molecule has 0 aliphatic heterocycles. The fraction of sp³-hybridized carbons (Fsp3) is 0.222. The summed E-state index contributed by atoms with van der Waals surface area (Å²) in [5.41, 5.74) is -0.894. The van der Waals surface area contributed by atoms with Crippen molar-refractivity contribution in [3.63, 3.8) is 0 Å². The third-order valence-electron chi connectivity index (χ3n) is 4.12. The first-order valence-electron chi connectivity index (χ1n) is 7.52. The highest BCUT2D eigenvalue weighted by atomic mass is 19.4. The molecule has 0 radical (unpaired) electrons. The molecule has 1 N–H and O–H groups in total. The van der Waals surface area contributed by atoms with E-state index in [1.807, 2.05) is 0 Å². The van der Waals surface area contributed by atoms with E-state index in [1.165, 1.54) is 36.4 Å². The SMILES string of the molecule is O=C1CC(Nc2ccc(F)cc2)C(=O)C1c1ccccc1C(F)(F)F. The molecule has 2 atom stereocenters. The normalized spacial score (nSPS) is 20.8. The van der Waals surface area contributed by atoms with Crippen LogP contribution in [0, 0.1) is 5.82 Å². The van der Waals surface area contributed by atoms with Gasteiger partial charge in [-0.25, -0.2) is 4.39 Å². The van der Waals surface area contributed by atoms with Crippen LogP contribution in [0.1, 0.15) is 23.5 Å². The minimum absolute atomic E-state index is 0.215. The van der Waals surface area contributed by atoms with Gasteiger partial charge in [-0.1, -0.05) is 18.2 Å². The monoisotopic (exact) mass is 351 g/mol. The molecule has 0 saturated heterocycles. The highest BCUT2D eigenvalue weighted by molar-refractivity contribution is 6.17. The molecule has 3 rings (SSSR count). The van der Waals surface area contributed by atoms with Gasteiger partial charge in [0.15, 0.2) is 5.78 Å². The summed E-state index contributed by atoms with van der Waals surface area (Å²) in [6.45, 7) is 0. The van der Waals surface area contributed by atoms with Crippen molar-refractivity contribution in [3.8, 4) is 0 Å². The molecule has 25 heavy (non-hydrogen) atoms. The number of carbonyl (C=O) groups excluding carboxylic acids is 2. The predicted octanol–water partition coefficient (Wildman–Crippen LogP) is 3.95. The van der Waals surface area contributed by atoms with Gasteiger partial charge in [0.05, 0.1) is 11.6 Å². The van der Waals surface area contributed by atoms with Crippen LogP contribution in [0.3, 0.4) is 0 Å². The summed E-state index contributed by atoms with van der Waals surface area (Å²) < 4.78 is 52.4. The van der Waals surface area contributed by atoms with Gasteiger partial charge in [-0.2, -0.15) is 13.2 Å². The first kappa shape index (κ1) is 17.1. The topological polar surface area (TPSA) is 46.2 Å². The molecule has 0 aromatic heterocycles. The molecule has 3 nitrogen and oxygen atoms in total. The predicted molar refractivity (Wildman–Crippen MR) is 82.6 cm³/mol. The van der Waals surface area contributed by atoms with Gasteiger partial charge in [0.1, 0.15) is 17.5 Å². The number of rotatable bonds is 3. The van der Waals surface area contributed by atoms with Crippen LogP contribution in [0.5, 0.6) is 0 Å². The molecule has 0 amide bonds. The number of halogens is 4. The molecule has 2 unspecified atom stereocenters. The Hall–Kier alpha value is -2.70. The Balaban J connectivity index is 1.89. The zero-order valence-corrected chi connectivity index (χ0v) is 12.8. The number of benzene rings is 2. The number of hydrogen-bond acceptors (Lipinski definition) is 3. The van der Waals surface area contributed by atoms with Crippen LogP contribution in [-0.2, 0) is 15.8 Å². The summed E-state index contributed by atoms with van der Waals surface area (Å²) in [6.07, 6.45) is -4.87. The molecule has 2 aromatic carbocycles. The van der Waals surface area contributed by atoms with E-state index in [0.717, 1.165) is 12.1 Å². The van der Waals surface area contributed by atoms with Crippen LogP contribution in [0.4, 0.5) is 23.2 Å². The van der Waals surface area contributed by atoms with Crippen molar-refractivity contribution in [1.82, 2.24) is 0 Å². The van der Waals surface area contributed by atoms with Gasteiger partial charge in [-0.15, -0.1) is 0 Å². The Bertz CT molecular complexity index is 815. The minimum Gasteiger partial charge on any atom is -0.375 e. The van der Waals surface area contributed by atoms with Gasteiger partial charge in [-0.05, 0) is 35.9 Å². The fourth-order valence-corrected chi connectivity index (χ4v) is 2.98. The summed E-state index contributed by atoms with van der Waals surface area (Å²) in [5.74, 6) is -3.10. The quantitative estimate of drug-likeness (QED) is 0.673. The van der Waals surface area contributed by atoms with Crippen molar-refractivity contribution in [2.45, 2.75) is 24.6 Å². The van der Waals surface area contributed by atoms with Gasteiger partial charge in [0, 0.05) is 12.1 Å². The van der Waals surface area contributed by atoms with Gasteiger partial charge < -0.3 is 5.32 Å². The van der Waals surface area contributed by atoms with E-state index in [2.05, 4.69) is 5.32 Å². The van der Waals surface area contributed by atoms with Gasteiger partial charge in [-0.3, -0.25) is 9.59 Å². The van der Waals surface area contributed by atoms with Crippen molar-refractivity contribution in [3.05, 3.63) is 65.5 Å². The number of anilines is 1. The average molecular weight is 351 g/mol. The number of alkyl halides is 3. The van der Waals surface area contributed by atoms with E-state index in [1.54, 1.807) is 0 Å². The first-order chi connectivity index (χ1) is 11.8. The summed E-state index contributed by atoms with van der Waals surface area (Å²) in [6, 6.07) is 8.80. The van der Waals surface area contributed by atoms with E-state index in [-0.39, 0.29) is 12.0 Å². The highest BCUT2D eigenvalue weighted by Gasteiger charge is 2.46. The van der Waals surface area contributed by atoms with Crippen LogP contribution in [-0.4, -0.2) is 17.6 Å². The summed E-state index contributed by atoms with van der Waals surface area (Å²) in [4.78, 5) is 24.8. The van der Waals surface area contributed by atoms with Crippen LogP contribution in [0.2, 0.25) is 0 Å². The maximum atomic E-state index is 13.2. The molecule has 0 heterocycles. The molecular weight excluding hydrogens is 338 g/mol. The molecule has 1 aliphatic rings. The maximum Gasteiger partial charge on any atom is 0.416 e. The third kappa shape index (κ3) is 3.40. The lowest BCUT2D eigenvalue weighted by molar-refractivity contribution is -0.138. The second-order valence-electron chi connectivity index (χ2n) is 5.79. The Labute approximate surface area is 140 Å². The second-order valence-corrected chi connectivity index (χ2v) is 5.79. The summed E-state index contributed by atoms with van der Waals surface area (Å²) in [7, 11) is 0. The smallest absolute Gasteiger partial charge is 0.375 e. The van der Waals surface area contributed by atoms with Gasteiger partial charge in [0.2, 0.25) is 0 Å². The number of Topliss-reactive ketones (excluding diaryl/α,β-unsaturated/α-hetero) is 2. The van der Waals surface area contributed by atoms with E-state index in [4.69, 9.17) is 0 Å². The summed E-state index contributed by atoms with van der Waals surface area (Å²) >= 11 is 0. The van der Waals surface area contributed by atoms with E-state index in [0.29, 0.717) is 5.69 Å². The van der Waals surface area contributed by atoms with Gasteiger partial charge >= 0.3 is 6.18 Å². The molecule has 130 valence electrons. The minimum atomic E-state index is -4.65. The van der Waals surface area contributed by atoms with Crippen LogP contribution >= 0.6 is 0 Å². The lowest BCUT2D eigenvalue weighted by Gasteiger charge is -2.17. The molecule has 7 heteroatoms. The van der Waals surface area contributed by atoms with E-state index < -0.39 is 41.1 Å². The molecule has 0 spiro atoms. The Morgan fingerprint density at radius 2 is 1.60 bits per heavy atom. The standard InChI is InChI=1S/C18H13F4NO2/c19-10-5-7-11(8-6-10)23-14-9-15(24)16(17(14)25)12-3-1-2-4-13(12)18(20,21)22/h1-8,14,16,23H,9H2. The second kappa shape index (κ2) is 6.31. The fourth-order valence-electron chi connectivity index (χ4n) is 2.98. The number of nitrogens with one attached hydrogen (secondary N) is 1. The largest absolute Gasteiger partial charge is 0.416 e. The maximum absolute atomic E-state index is 13.2. The van der Waals surface area contributed by atoms with Crippen molar-refractivity contribution < 1.29 is 27.2 Å². The highest BCUT2D eigenvalue weighted by Crippen LogP contribution is 2.39. The zero-order chi connectivity index (χ0) is 18.2. The van der Waals surface area contributed by atoms with Crippen molar-refractivity contribution in [1.29, 1.82) is 0 Å². The lowest BCUT2D eigenvalue weighted by Crippen LogP contribution is -2.27. The Morgan fingerprint density at radius 3 is 2.24 bits per heavy atom. The van der Waals surface area contributed by atoms with Crippen LogP contribution in [0.15, 0.2) is 48.5 Å². The van der Waals surface area contributed by atoms with E-state index in [9.17, 15) is 27.2 Å². The number of carbonyl (C=O) groups is 2. The number of hydrogen-bond donors (Lipinski definition) is 1. The van der Waals surface area contributed by atoms with Crippen LogP contribution < -0.4 is 5.32 Å². The molecule has 1 fully saturated rings. The molecule has 0 bridgehead atoms. The van der Waals surface area contributed by atoms with Crippen molar-refractivity contribution in [2.24, 2.45) is 0 Å². The molecular formula is C18H13F4NO2. The Morgan fingerprint density at radius 1 is 0.960 bits per heavy atom. The third-order valence-corrected chi connectivity index (χ3v) is 4.12. The van der Waals surface area contributed by atoms with Crippen LogP contribution in [0.25, 0.3) is 0 Å². The first-order valence-corrected chi connectivity index (χ1v) is 7.52. The molecule has 1 aliphatic carbocycles.